The molecule has 0 atom stereocenters. The number of nitrogens with one attached hydrogen (secondary N) is 2. The molecule has 0 bridgehead atoms. The van der Waals surface area contributed by atoms with Crippen molar-refractivity contribution < 1.29 is 10.0 Å². The van der Waals surface area contributed by atoms with E-state index in [0.29, 0.717) is 15.7 Å². The van der Waals surface area contributed by atoms with E-state index in [1.807, 2.05) is 0 Å². The summed E-state index contributed by atoms with van der Waals surface area (Å²) in [6, 6.07) is 9.13. The highest BCUT2D eigenvalue weighted by Crippen LogP contribution is 2.21. The number of aromatic nitrogens is 1. The molecule has 0 unspecified atom stereocenters. The monoisotopic (exact) mass is 350 g/mol. The quantitative estimate of drug-likeness (QED) is 0.290. The Kier molecular flexibility index (Phi) is 4.39. The zero-order valence-corrected chi connectivity index (χ0v) is 12.2. The summed E-state index contributed by atoms with van der Waals surface area (Å²) in [4.78, 5) is 25.7. The largest absolute Gasteiger partial charge is 0.409 e. The summed E-state index contributed by atoms with van der Waals surface area (Å²) in [6.07, 6.45) is 0. The van der Waals surface area contributed by atoms with E-state index in [0.717, 1.165) is 0 Å². The summed E-state index contributed by atoms with van der Waals surface area (Å²) in [5.74, 6) is -0.657. The van der Waals surface area contributed by atoms with Crippen molar-refractivity contribution in [2.45, 2.75) is 0 Å². The lowest BCUT2D eigenvalue weighted by atomic mass is 10.1. The number of nitrogens with two attached hydrogens (primary N) is 1. The summed E-state index contributed by atoms with van der Waals surface area (Å²) >= 11 is 3.26. The first-order valence-electron chi connectivity index (χ1n) is 5.79. The minimum Gasteiger partial charge on any atom is -0.409 e. The summed E-state index contributed by atoms with van der Waals surface area (Å²) in [7, 11) is 0. The number of pyridine rings is 1. The van der Waals surface area contributed by atoms with Crippen LogP contribution in [0.3, 0.4) is 0 Å². The van der Waals surface area contributed by atoms with Crippen molar-refractivity contribution >= 4 is 33.4 Å². The normalized spacial score (nSPS) is 11.2. The molecule has 0 radical (unpaired) electrons. The number of rotatable bonds is 3. The van der Waals surface area contributed by atoms with Gasteiger partial charge in [-0.3, -0.25) is 9.59 Å². The molecule has 21 heavy (non-hydrogen) atoms. The highest BCUT2D eigenvalue weighted by molar-refractivity contribution is 9.10. The van der Waals surface area contributed by atoms with Crippen LogP contribution in [-0.2, 0) is 0 Å². The smallest absolute Gasteiger partial charge is 0.272 e. The molecule has 1 heterocycles. The van der Waals surface area contributed by atoms with E-state index in [4.69, 9.17) is 10.9 Å². The third kappa shape index (κ3) is 3.48. The standard InChI is InChI=1S/C13H11BrN4O3/c14-7-4-5-9(8(6-7)12(15)18-21)17-13(20)10-2-1-3-11(19)16-10/h1-6,21H,(H2,15,18)(H,16,19)(H,17,20). The van der Waals surface area contributed by atoms with E-state index in [1.54, 1.807) is 18.2 Å². The maximum Gasteiger partial charge on any atom is 0.272 e. The second kappa shape index (κ2) is 6.23. The van der Waals surface area contributed by atoms with E-state index >= 15 is 0 Å². The van der Waals surface area contributed by atoms with E-state index in [-0.39, 0.29) is 17.1 Å². The van der Waals surface area contributed by atoms with Gasteiger partial charge in [0.15, 0.2) is 5.84 Å². The van der Waals surface area contributed by atoms with Crippen LogP contribution < -0.4 is 16.6 Å². The Morgan fingerprint density at radius 2 is 2.10 bits per heavy atom. The molecule has 1 amide bonds. The molecule has 0 fully saturated rings. The van der Waals surface area contributed by atoms with Crippen molar-refractivity contribution in [3.63, 3.8) is 0 Å². The van der Waals surface area contributed by atoms with Gasteiger partial charge in [-0.25, -0.2) is 0 Å². The number of benzene rings is 1. The molecule has 8 heteroatoms. The van der Waals surface area contributed by atoms with Crippen molar-refractivity contribution in [1.82, 2.24) is 4.98 Å². The van der Waals surface area contributed by atoms with Crippen LogP contribution in [0.15, 0.2) is 50.8 Å². The molecule has 7 nitrogen and oxygen atoms in total. The van der Waals surface area contributed by atoms with Gasteiger partial charge in [-0.05, 0) is 24.3 Å². The summed E-state index contributed by atoms with van der Waals surface area (Å²) in [6.45, 7) is 0. The maximum atomic E-state index is 12.1. The maximum absolute atomic E-state index is 12.1. The number of hydrogen-bond acceptors (Lipinski definition) is 4. The Hall–Kier alpha value is -2.61. The minimum absolute atomic E-state index is 0.107. The fourth-order valence-electron chi connectivity index (χ4n) is 1.66. The molecule has 0 aliphatic rings. The Bertz CT molecular complexity index is 770. The van der Waals surface area contributed by atoms with Crippen LogP contribution in [0.5, 0.6) is 0 Å². The van der Waals surface area contributed by atoms with Crippen LogP contribution in [0.2, 0.25) is 0 Å². The molecule has 1 aromatic heterocycles. The lowest BCUT2D eigenvalue weighted by Crippen LogP contribution is -2.21. The second-order valence-corrected chi connectivity index (χ2v) is 4.97. The van der Waals surface area contributed by atoms with Crippen LogP contribution in [-0.4, -0.2) is 21.9 Å². The number of aromatic amines is 1. The summed E-state index contributed by atoms with van der Waals surface area (Å²) in [5, 5.41) is 14.3. The van der Waals surface area contributed by atoms with Gasteiger partial charge in [0.05, 0.1) is 5.69 Å². The molecule has 108 valence electrons. The number of hydrogen-bond donors (Lipinski definition) is 4. The van der Waals surface area contributed by atoms with Gasteiger partial charge in [-0.15, -0.1) is 0 Å². The Balaban J connectivity index is 2.35. The number of carbonyl (C=O) groups is 1. The topological polar surface area (TPSA) is 121 Å². The van der Waals surface area contributed by atoms with Crippen molar-refractivity contribution in [2.75, 3.05) is 5.32 Å². The predicted molar refractivity (Wildman–Crippen MR) is 81.7 cm³/mol. The Labute approximate surface area is 127 Å². The van der Waals surface area contributed by atoms with Crippen molar-refractivity contribution in [1.29, 1.82) is 0 Å². The molecule has 1 aromatic carbocycles. The number of anilines is 1. The van der Waals surface area contributed by atoms with Crippen molar-refractivity contribution in [3.8, 4) is 0 Å². The number of halogens is 1. The lowest BCUT2D eigenvalue weighted by molar-refractivity contribution is 0.102. The van der Waals surface area contributed by atoms with E-state index < -0.39 is 5.91 Å². The first-order chi connectivity index (χ1) is 10.0. The molecule has 2 aromatic rings. The molecular formula is C13H11BrN4O3. The number of amidine groups is 1. The van der Waals surface area contributed by atoms with Gasteiger partial charge < -0.3 is 21.2 Å². The van der Waals surface area contributed by atoms with Crippen LogP contribution in [0.4, 0.5) is 5.69 Å². The molecule has 0 saturated carbocycles. The number of amides is 1. The molecule has 0 aliphatic carbocycles. The van der Waals surface area contributed by atoms with Crippen LogP contribution in [0.25, 0.3) is 0 Å². The first kappa shape index (κ1) is 14.8. The zero-order chi connectivity index (χ0) is 15.4. The number of oxime groups is 1. The van der Waals surface area contributed by atoms with Gasteiger partial charge >= 0.3 is 0 Å². The molecule has 0 spiro atoms. The minimum atomic E-state index is -0.512. The Morgan fingerprint density at radius 1 is 1.33 bits per heavy atom. The van der Waals surface area contributed by atoms with Gasteiger partial charge in [0, 0.05) is 16.1 Å². The summed E-state index contributed by atoms with van der Waals surface area (Å²) < 4.78 is 0.704. The van der Waals surface area contributed by atoms with Crippen LogP contribution in [0.1, 0.15) is 16.1 Å². The van der Waals surface area contributed by atoms with Gasteiger partial charge in [0.1, 0.15) is 5.69 Å². The Morgan fingerprint density at radius 3 is 2.76 bits per heavy atom. The number of carbonyl (C=O) groups excluding carboxylic acids is 1. The lowest BCUT2D eigenvalue weighted by Gasteiger charge is -2.10. The zero-order valence-electron chi connectivity index (χ0n) is 10.6. The third-order valence-corrected chi connectivity index (χ3v) is 3.12. The van der Waals surface area contributed by atoms with E-state index in [9.17, 15) is 9.59 Å². The van der Waals surface area contributed by atoms with E-state index in [2.05, 4.69) is 31.4 Å². The van der Waals surface area contributed by atoms with E-state index in [1.165, 1.54) is 18.2 Å². The third-order valence-electron chi connectivity index (χ3n) is 2.63. The highest BCUT2D eigenvalue weighted by atomic mass is 79.9. The number of nitrogens with zero attached hydrogens (tertiary/aromatic N) is 1. The van der Waals surface area contributed by atoms with Crippen molar-refractivity contribution in [3.05, 3.63) is 62.5 Å². The highest BCUT2D eigenvalue weighted by Gasteiger charge is 2.12. The van der Waals surface area contributed by atoms with Gasteiger partial charge in [0.2, 0.25) is 5.56 Å². The molecule has 2 rings (SSSR count). The van der Waals surface area contributed by atoms with Gasteiger partial charge in [-0.1, -0.05) is 27.2 Å². The number of H-pyrrole nitrogens is 1. The van der Waals surface area contributed by atoms with Crippen molar-refractivity contribution in [2.24, 2.45) is 10.9 Å². The summed E-state index contributed by atoms with van der Waals surface area (Å²) in [5.41, 5.74) is 6.00. The average molecular weight is 351 g/mol. The fraction of sp³-hybridized carbons (Fsp3) is 0. The SMILES string of the molecule is N/C(=N/O)c1cc(Br)ccc1NC(=O)c1cccc(=O)[nH]1. The molecular weight excluding hydrogens is 340 g/mol. The molecule has 0 saturated heterocycles. The fourth-order valence-corrected chi connectivity index (χ4v) is 2.02. The van der Waals surface area contributed by atoms with Gasteiger partial charge in [-0.2, -0.15) is 0 Å². The van der Waals surface area contributed by atoms with Gasteiger partial charge in [0.25, 0.3) is 5.91 Å². The second-order valence-electron chi connectivity index (χ2n) is 4.06. The first-order valence-corrected chi connectivity index (χ1v) is 6.58. The predicted octanol–water partition coefficient (Wildman–Crippen LogP) is 1.48. The average Bonchev–Trinajstić information content (AvgIpc) is 2.48. The molecule has 0 aliphatic heterocycles. The molecule has 5 N–H and O–H groups in total. The van der Waals surface area contributed by atoms with Crippen LogP contribution >= 0.6 is 15.9 Å². The van der Waals surface area contributed by atoms with Crippen LogP contribution in [0, 0.1) is 0 Å².